The molecule has 0 N–H and O–H groups in total. The highest BCUT2D eigenvalue weighted by Gasteiger charge is 2.13. The van der Waals surface area contributed by atoms with Crippen LogP contribution in [-0.4, -0.2) is 10.7 Å². The van der Waals surface area contributed by atoms with E-state index in [9.17, 15) is 14.9 Å². The second-order valence-corrected chi connectivity index (χ2v) is 2.71. The fourth-order valence-electron chi connectivity index (χ4n) is 1.03. The molecule has 0 aliphatic rings. The van der Waals surface area contributed by atoms with Gasteiger partial charge in [-0.05, 0) is 24.6 Å². The van der Waals surface area contributed by atoms with Crippen molar-refractivity contribution in [2.24, 2.45) is 5.11 Å². The maximum atomic E-state index is 11.0. The molecule has 0 aliphatic carbocycles. The summed E-state index contributed by atoms with van der Waals surface area (Å²) in [5.74, 6) is -0.251. The highest BCUT2D eigenvalue weighted by Crippen LogP contribution is 2.28. The molecule has 0 unspecified atom stereocenters. The number of nitrogens with zero attached hydrogens (tertiary/aromatic N) is 4. The Hall–Kier alpha value is -2.40. The number of hydrogen-bond acceptors (Lipinski definition) is 4. The molecule has 0 bridgehead atoms. The lowest BCUT2D eigenvalue weighted by Gasteiger charge is -1.98. The van der Waals surface area contributed by atoms with Crippen molar-refractivity contribution < 1.29 is 9.72 Å². The summed E-state index contributed by atoms with van der Waals surface area (Å²) in [5, 5.41) is 13.7. The average molecular weight is 206 g/mol. The molecule has 7 nitrogen and oxygen atoms in total. The first-order valence-electron chi connectivity index (χ1n) is 3.90. The monoisotopic (exact) mass is 206 g/mol. The van der Waals surface area contributed by atoms with Gasteiger partial charge in [0.1, 0.15) is 5.69 Å². The predicted molar refractivity (Wildman–Crippen MR) is 51.9 cm³/mol. The van der Waals surface area contributed by atoms with Crippen molar-refractivity contribution >= 4 is 17.2 Å². The SMILES string of the molecule is CC(=O)c1ccc([N+](=O)[O-])c(N=[N+]=[N-])c1. The van der Waals surface area contributed by atoms with Gasteiger partial charge in [-0.3, -0.25) is 14.9 Å². The maximum Gasteiger partial charge on any atom is 0.279 e. The third kappa shape index (κ3) is 2.29. The molecule has 0 amide bonds. The van der Waals surface area contributed by atoms with Gasteiger partial charge < -0.3 is 0 Å². The molecule has 0 aliphatic heterocycles. The Morgan fingerprint density at radius 1 is 1.60 bits per heavy atom. The Morgan fingerprint density at radius 2 is 2.27 bits per heavy atom. The van der Waals surface area contributed by atoms with Crippen molar-refractivity contribution in [3.63, 3.8) is 0 Å². The maximum absolute atomic E-state index is 11.0. The van der Waals surface area contributed by atoms with Crippen molar-refractivity contribution in [1.29, 1.82) is 0 Å². The molecule has 0 radical (unpaired) electrons. The van der Waals surface area contributed by atoms with E-state index in [2.05, 4.69) is 10.0 Å². The molecule has 0 fully saturated rings. The van der Waals surface area contributed by atoms with Gasteiger partial charge in [0.15, 0.2) is 5.78 Å². The topological polar surface area (TPSA) is 109 Å². The molecule has 0 atom stereocenters. The lowest BCUT2D eigenvalue weighted by Crippen LogP contribution is -1.94. The highest BCUT2D eigenvalue weighted by molar-refractivity contribution is 5.95. The Morgan fingerprint density at radius 3 is 2.73 bits per heavy atom. The number of rotatable bonds is 3. The van der Waals surface area contributed by atoms with Gasteiger partial charge in [0.2, 0.25) is 0 Å². The predicted octanol–water partition coefficient (Wildman–Crippen LogP) is 2.74. The van der Waals surface area contributed by atoms with E-state index in [4.69, 9.17) is 5.53 Å². The van der Waals surface area contributed by atoms with Crippen LogP contribution in [0.4, 0.5) is 11.4 Å². The van der Waals surface area contributed by atoms with E-state index >= 15 is 0 Å². The summed E-state index contributed by atoms with van der Waals surface area (Å²) in [5.41, 5.74) is 7.99. The van der Waals surface area contributed by atoms with Crippen molar-refractivity contribution in [2.75, 3.05) is 0 Å². The first-order chi connectivity index (χ1) is 7.06. The molecule has 1 aromatic rings. The second kappa shape index (κ2) is 4.21. The highest BCUT2D eigenvalue weighted by atomic mass is 16.6. The van der Waals surface area contributed by atoms with E-state index in [0.717, 1.165) is 6.07 Å². The van der Waals surface area contributed by atoms with Crippen LogP contribution in [0.3, 0.4) is 0 Å². The zero-order chi connectivity index (χ0) is 11.4. The van der Waals surface area contributed by atoms with Gasteiger partial charge in [-0.25, -0.2) is 0 Å². The normalized spacial score (nSPS) is 9.13. The summed E-state index contributed by atoms with van der Waals surface area (Å²) in [4.78, 5) is 23.3. The molecule has 0 aromatic heterocycles. The summed E-state index contributed by atoms with van der Waals surface area (Å²) < 4.78 is 0. The zero-order valence-electron chi connectivity index (χ0n) is 7.75. The second-order valence-electron chi connectivity index (χ2n) is 2.71. The Labute approximate surface area is 84.1 Å². The number of carbonyl (C=O) groups excluding carboxylic acids is 1. The molecular formula is C8H6N4O3. The van der Waals surface area contributed by atoms with Crippen LogP contribution in [0.2, 0.25) is 0 Å². The average Bonchev–Trinajstić information content (AvgIpc) is 2.17. The molecule has 1 aromatic carbocycles. The Kier molecular flexibility index (Phi) is 3.00. The summed E-state index contributed by atoms with van der Waals surface area (Å²) in [6.45, 7) is 1.32. The smallest absolute Gasteiger partial charge is 0.279 e. The molecule has 0 saturated carbocycles. The fraction of sp³-hybridized carbons (Fsp3) is 0.125. The molecule has 15 heavy (non-hydrogen) atoms. The van der Waals surface area contributed by atoms with Crippen molar-refractivity contribution in [2.45, 2.75) is 6.92 Å². The van der Waals surface area contributed by atoms with Gasteiger partial charge in [0.25, 0.3) is 5.69 Å². The summed E-state index contributed by atoms with van der Waals surface area (Å²) in [6.07, 6.45) is 0. The molecule has 0 heterocycles. The zero-order valence-corrected chi connectivity index (χ0v) is 7.75. The van der Waals surface area contributed by atoms with Crippen LogP contribution in [0.1, 0.15) is 17.3 Å². The van der Waals surface area contributed by atoms with Crippen molar-refractivity contribution in [3.05, 3.63) is 44.3 Å². The van der Waals surface area contributed by atoms with Crippen molar-refractivity contribution in [1.82, 2.24) is 0 Å². The minimum Gasteiger partial charge on any atom is -0.295 e. The van der Waals surface area contributed by atoms with Crippen LogP contribution < -0.4 is 0 Å². The third-order valence-electron chi connectivity index (χ3n) is 1.73. The fourth-order valence-corrected chi connectivity index (χ4v) is 1.03. The van der Waals surface area contributed by atoms with Gasteiger partial charge in [-0.15, -0.1) is 0 Å². The molecule has 1 rings (SSSR count). The summed E-state index contributed by atoms with van der Waals surface area (Å²) >= 11 is 0. The lowest BCUT2D eigenvalue weighted by atomic mass is 10.1. The number of hydrogen-bond donors (Lipinski definition) is 0. The van der Waals surface area contributed by atoms with E-state index in [1.165, 1.54) is 19.1 Å². The van der Waals surface area contributed by atoms with E-state index in [1.807, 2.05) is 0 Å². The van der Waals surface area contributed by atoms with Crippen LogP contribution in [-0.2, 0) is 0 Å². The van der Waals surface area contributed by atoms with E-state index < -0.39 is 4.92 Å². The number of nitro groups is 1. The first-order valence-corrected chi connectivity index (χ1v) is 3.90. The Balaban J connectivity index is 3.39. The van der Waals surface area contributed by atoms with Gasteiger partial charge in [0.05, 0.1) is 4.92 Å². The quantitative estimate of drug-likeness (QED) is 0.189. The van der Waals surface area contributed by atoms with E-state index in [0.29, 0.717) is 0 Å². The van der Waals surface area contributed by atoms with Gasteiger partial charge in [0, 0.05) is 16.5 Å². The standard InChI is InChI=1S/C8H6N4O3/c1-5(13)6-2-3-8(12(14)15)7(4-6)10-11-9/h2-4H,1H3. The number of Topliss-reactive ketones (excluding diaryl/α,β-unsaturated/α-hetero) is 1. The lowest BCUT2D eigenvalue weighted by molar-refractivity contribution is -0.384. The molecule has 76 valence electrons. The van der Waals surface area contributed by atoms with Crippen molar-refractivity contribution in [3.8, 4) is 0 Å². The van der Waals surface area contributed by atoms with E-state index in [1.54, 1.807) is 0 Å². The minimum atomic E-state index is -0.673. The van der Waals surface area contributed by atoms with E-state index in [-0.39, 0.29) is 22.7 Å². The molecule has 7 heteroatoms. The number of benzene rings is 1. The number of ketones is 1. The summed E-state index contributed by atoms with van der Waals surface area (Å²) in [6, 6.07) is 3.65. The van der Waals surface area contributed by atoms with Crippen LogP contribution in [0.15, 0.2) is 23.3 Å². The molecule has 0 saturated heterocycles. The van der Waals surface area contributed by atoms with Crippen LogP contribution >= 0.6 is 0 Å². The molecular weight excluding hydrogens is 200 g/mol. The minimum absolute atomic E-state index is 0.157. The number of nitro benzene ring substituents is 1. The molecule has 0 spiro atoms. The third-order valence-corrected chi connectivity index (χ3v) is 1.73. The van der Waals surface area contributed by atoms with Crippen LogP contribution in [0.5, 0.6) is 0 Å². The van der Waals surface area contributed by atoms with Crippen LogP contribution in [0.25, 0.3) is 10.4 Å². The van der Waals surface area contributed by atoms with Gasteiger partial charge in [-0.2, -0.15) is 0 Å². The summed E-state index contributed by atoms with van der Waals surface area (Å²) in [7, 11) is 0. The number of carbonyl (C=O) groups is 1. The first kappa shape index (κ1) is 10.7. The van der Waals surface area contributed by atoms with Gasteiger partial charge in [-0.1, -0.05) is 5.11 Å². The van der Waals surface area contributed by atoms with Gasteiger partial charge >= 0.3 is 0 Å². The number of azide groups is 1. The van der Waals surface area contributed by atoms with Crippen LogP contribution in [0, 0.1) is 10.1 Å². The largest absolute Gasteiger partial charge is 0.295 e. The Bertz CT molecular complexity index is 477.